The molecular weight excluding hydrogens is 323 g/mol. The van der Waals surface area contributed by atoms with E-state index in [1.165, 1.54) is 17.2 Å². The van der Waals surface area contributed by atoms with E-state index in [2.05, 4.69) is 53.8 Å². The molecule has 3 aromatic rings. The van der Waals surface area contributed by atoms with Gasteiger partial charge in [-0.3, -0.25) is 4.99 Å². The number of aryl methyl sites for hydroxylation is 1. The second kappa shape index (κ2) is 7.52. The Bertz CT molecular complexity index is 890. The Labute approximate surface area is 153 Å². The van der Waals surface area contributed by atoms with Crippen LogP contribution in [0.5, 0.6) is 0 Å². The van der Waals surface area contributed by atoms with Crippen molar-refractivity contribution in [2.45, 2.75) is 24.9 Å². The molecule has 1 aliphatic rings. The lowest BCUT2D eigenvalue weighted by Gasteiger charge is -2.19. The first-order valence-corrected chi connectivity index (χ1v) is 8.97. The minimum Gasteiger partial charge on any atom is -0.364 e. The van der Waals surface area contributed by atoms with Gasteiger partial charge < -0.3 is 5.32 Å². The first-order chi connectivity index (χ1) is 12.8. The normalized spacial score (nSPS) is 19.0. The molecule has 1 N–H and O–H groups in total. The summed E-state index contributed by atoms with van der Waals surface area (Å²) >= 11 is 0. The van der Waals surface area contributed by atoms with E-state index in [-0.39, 0.29) is 17.9 Å². The number of amidine groups is 1. The van der Waals surface area contributed by atoms with E-state index in [0.717, 1.165) is 24.2 Å². The number of nitrogens with one attached hydrogen (secondary N) is 1. The molecule has 0 aromatic heterocycles. The zero-order valence-electron chi connectivity index (χ0n) is 14.5. The number of rotatable bonds is 5. The highest BCUT2D eigenvalue weighted by Gasteiger charge is 2.30. The summed E-state index contributed by atoms with van der Waals surface area (Å²) in [4.78, 5) is 4.97. The molecule has 2 unspecified atom stereocenters. The molecule has 1 aliphatic heterocycles. The average Bonchev–Trinajstić information content (AvgIpc) is 3.12. The summed E-state index contributed by atoms with van der Waals surface area (Å²) in [6.07, 6.45) is 1.54. The molecule has 0 amide bonds. The van der Waals surface area contributed by atoms with Crippen LogP contribution in [0.4, 0.5) is 4.39 Å². The minimum absolute atomic E-state index is 0.0566. The van der Waals surface area contributed by atoms with Crippen LogP contribution in [0.25, 0.3) is 0 Å². The van der Waals surface area contributed by atoms with E-state index >= 15 is 0 Å². The van der Waals surface area contributed by atoms with E-state index in [1.807, 2.05) is 18.2 Å². The number of benzene rings is 3. The Morgan fingerprint density at radius 1 is 0.769 bits per heavy atom. The molecule has 130 valence electrons. The summed E-state index contributed by atoms with van der Waals surface area (Å²) in [5, 5.41) is 3.60. The molecule has 0 bridgehead atoms. The van der Waals surface area contributed by atoms with Crippen LogP contribution < -0.4 is 5.32 Å². The monoisotopic (exact) mass is 344 g/mol. The van der Waals surface area contributed by atoms with Crippen molar-refractivity contribution in [1.29, 1.82) is 0 Å². The third-order valence-corrected chi connectivity index (χ3v) is 4.77. The fraction of sp³-hybridized carbons (Fsp3) is 0.174. The van der Waals surface area contributed by atoms with Gasteiger partial charge in [-0.05, 0) is 35.2 Å². The maximum absolute atomic E-state index is 13.4. The zero-order valence-corrected chi connectivity index (χ0v) is 14.5. The SMILES string of the molecule is Fc1cccc(CCC2=NC(c3ccccc3)C(c3ccccc3)N2)c1. The van der Waals surface area contributed by atoms with Gasteiger partial charge in [0.15, 0.2) is 0 Å². The zero-order chi connectivity index (χ0) is 17.8. The summed E-state index contributed by atoms with van der Waals surface area (Å²) < 4.78 is 13.4. The van der Waals surface area contributed by atoms with E-state index in [1.54, 1.807) is 12.1 Å². The second-order valence-electron chi connectivity index (χ2n) is 6.59. The fourth-order valence-electron chi connectivity index (χ4n) is 3.47. The molecule has 0 radical (unpaired) electrons. The van der Waals surface area contributed by atoms with Gasteiger partial charge in [0.05, 0.1) is 11.9 Å². The Balaban J connectivity index is 1.56. The van der Waals surface area contributed by atoms with E-state index < -0.39 is 0 Å². The van der Waals surface area contributed by atoms with Gasteiger partial charge in [0.2, 0.25) is 0 Å². The lowest BCUT2D eigenvalue weighted by atomic mass is 9.95. The van der Waals surface area contributed by atoms with Gasteiger partial charge >= 0.3 is 0 Å². The van der Waals surface area contributed by atoms with Gasteiger partial charge in [0, 0.05) is 6.42 Å². The maximum Gasteiger partial charge on any atom is 0.123 e. The number of aliphatic imine (C=N–C) groups is 1. The minimum atomic E-state index is -0.187. The number of nitrogens with zero attached hydrogens (tertiary/aromatic N) is 1. The highest BCUT2D eigenvalue weighted by atomic mass is 19.1. The summed E-state index contributed by atoms with van der Waals surface area (Å²) in [6, 6.07) is 27.8. The van der Waals surface area contributed by atoms with Gasteiger partial charge in [-0.15, -0.1) is 0 Å². The van der Waals surface area contributed by atoms with Crippen molar-refractivity contribution in [1.82, 2.24) is 5.32 Å². The summed E-state index contributed by atoms with van der Waals surface area (Å²) in [6.45, 7) is 0. The fourth-order valence-corrected chi connectivity index (χ4v) is 3.47. The Morgan fingerprint density at radius 3 is 2.15 bits per heavy atom. The molecular formula is C23H21FN2. The van der Waals surface area contributed by atoms with Crippen LogP contribution in [0.15, 0.2) is 89.9 Å². The molecule has 0 aliphatic carbocycles. The Morgan fingerprint density at radius 2 is 1.46 bits per heavy atom. The number of hydrogen-bond donors (Lipinski definition) is 1. The van der Waals surface area contributed by atoms with Crippen molar-refractivity contribution < 1.29 is 4.39 Å². The van der Waals surface area contributed by atoms with Crippen molar-refractivity contribution in [2.75, 3.05) is 0 Å². The predicted molar refractivity (Wildman–Crippen MR) is 104 cm³/mol. The van der Waals surface area contributed by atoms with Crippen molar-refractivity contribution in [3.63, 3.8) is 0 Å². The van der Waals surface area contributed by atoms with E-state index in [9.17, 15) is 4.39 Å². The molecule has 3 heteroatoms. The third-order valence-electron chi connectivity index (χ3n) is 4.77. The van der Waals surface area contributed by atoms with Crippen molar-refractivity contribution >= 4 is 5.84 Å². The largest absolute Gasteiger partial charge is 0.364 e. The standard InChI is InChI=1S/C23H21FN2/c24-20-13-7-8-17(16-20)14-15-21-25-22(18-9-3-1-4-10-18)23(26-21)19-11-5-2-6-12-19/h1-13,16,22-23H,14-15H2,(H,25,26). The predicted octanol–water partition coefficient (Wildman–Crippen LogP) is 5.24. The van der Waals surface area contributed by atoms with Gasteiger partial charge in [0.25, 0.3) is 0 Å². The number of hydrogen-bond acceptors (Lipinski definition) is 2. The molecule has 2 nitrogen and oxygen atoms in total. The van der Waals surface area contributed by atoms with Gasteiger partial charge in [-0.1, -0.05) is 72.8 Å². The van der Waals surface area contributed by atoms with Crippen LogP contribution in [0, 0.1) is 5.82 Å². The van der Waals surface area contributed by atoms with Crippen molar-refractivity contribution in [3.8, 4) is 0 Å². The van der Waals surface area contributed by atoms with Crippen LogP contribution in [0.3, 0.4) is 0 Å². The Kier molecular flexibility index (Phi) is 4.78. The summed E-state index contributed by atoms with van der Waals surface area (Å²) in [7, 11) is 0. The highest BCUT2D eigenvalue weighted by molar-refractivity contribution is 5.85. The highest BCUT2D eigenvalue weighted by Crippen LogP contribution is 2.36. The van der Waals surface area contributed by atoms with Crippen molar-refractivity contribution in [3.05, 3.63) is 107 Å². The van der Waals surface area contributed by atoms with Crippen LogP contribution in [0.2, 0.25) is 0 Å². The first-order valence-electron chi connectivity index (χ1n) is 8.97. The smallest absolute Gasteiger partial charge is 0.123 e. The third kappa shape index (κ3) is 3.67. The number of halogens is 1. The molecule has 0 spiro atoms. The molecule has 3 aromatic carbocycles. The molecule has 1 heterocycles. The van der Waals surface area contributed by atoms with Gasteiger partial charge in [-0.25, -0.2) is 4.39 Å². The molecule has 2 atom stereocenters. The van der Waals surface area contributed by atoms with Crippen molar-refractivity contribution in [2.24, 2.45) is 4.99 Å². The quantitative estimate of drug-likeness (QED) is 0.672. The molecule has 0 saturated heterocycles. The Hall–Kier alpha value is -2.94. The maximum atomic E-state index is 13.4. The van der Waals surface area contributed by atoms with E-state index in [0.29, 0.717) is 0 Å². The first kappa shape index (κ1) is 16.5. The molecule has 26 heavy (non-hydrogen) atoms. The van der Waals surface area contributed by atoms with Crippen LogP contribution in [-0.4, -0.2) is 5.84 Å². The van der Waals surface area contributed by atoms with Gasteiger partial charge in [0.1, 0.15) is 11.9 Å². The van der Waals surface area contributed by atoms with Crippen LogP contribution >= 0.6 is 0 Å². The van der Waals surface area contributed by atoms with Crippen LogP contribution in [-0.2, 0) is 6.42 Å². The average molecular weight is 344 g/mol. The second-order valence-corrected chi connectivity index (χ2v) is 6.59. The molecule has 4 rings (SSSR count). The lowest BCUT2D eigenvalue weighted by Crippen LogP contribution is -2.24. The van der Waals surface area contributed by atoms with Gasteiger partial charge in [-0.2, -0.15) is 0 Å². The molecule has 0 fully saturated rings. The van der Waals surface area contributed by atoms with E-state index in [4.69, 9.17) is 4.99 Å². The van der Waals surface area contributed by atoms with Crippen LogP contribution in [0.1, 0.15) is 35.2 Å². The summed E-state index contributed by atoms with van der Waals surface area (Å²) in [5.41, 5.74) is 3.43. The lowest BCUT2D eigenvalue weighted by molar-refractivity contribution is 0.571. The molecule has 0 saturated carbocycles. The topological polar surface area (TPSA) is 24.4 Å². The summed E-state index contributed by atoms with van der Waals surface area (Å²) in [5.74, 6) is 0.796.